The zero-order valence-electron chi connectivity index (χ0n) is 23.6. The van der Waals surface area contributed by atoms with Gasteiger partial charge in [0.05, 0.1) is 21.0 Å². The van der Waals surface area contributed by atoms with Crippen LogP contribution in [0.3, 0.4) is 0 Å². The first-order valence-electron chi connectivity index (χ1n) is 13.8. The van der Waals surface area contributed by atoms with Gasteiger partial charge in [0.2, 0.25) is 10.0 Å². The highest BCUT2D eigenvalue weighted by Crippen LogP contribution is 2.31. The van der Waals surface area contributed by atoms with Crippen molar-refractivity contribution < 1.29 is 26.8 Å². The van der Waals surface area contributed by atoms with E-state index < -0.39 is 32.5 Å². The molecular weight excluding hydrogens is 612 g/mol. The molecule has 0 bridgehead atoms. The van der Waals surface area contributed by atoms with Crippen LogP contribution in [-0.2, 0) is 23.0 Å². The molecule has 0 spiro atoms. The Morgan fingerprint density at radius 1 is 0.955 bits per heavy atom. The highest BCUT2D eigenvalue weighted by molar-refractivity contribution is 7.89. The van der Waals surface area contributed by atoms with Crippen molar-refractivity contribution in [2.45, 2.75) is 17.9 Å². The van der Waals surface area contributed by atoms with E-state index in [2.05, 4.69) is 37.7 Å². The summed E-state index contributed by atoms with van der Waals surface area (Å²) in [5.41, 5.74) is 2.44. The Bertz CT molecular complexity index is 1800. The molecule has 2 aromatic carbocycles. The number of piperazine rings is 1. The maximum Gasteiger partial charge on any atom is 0.265 e. The molecule has 4 aromatic rings. The van der Waals surface area contributed by atoms with Gasteiger partial charge < -0.3 is 20.4 Å². The van der Waals surface area contributed by atoms with Gasteiger partial charge in [-0.1, -0.05) is 6.07 Å². The number of thiophene rings is 1. The van der Waals surface area contributed by atoms with Gasteiger partial charge in [0.15, 0.2) is 5.82 Å². The number of halogens is 2. The Kier molecular flexibility index (Phi) is 8.20. The number of hydrogen-bond acceptors (Lipinski definition) is 8. The molecule has 0 saturated carbocycles. The van der Waals surface area contributed by atoms with E-state index in [9.17, 15) is 26.8 Å². The van der Waals surface area contributed by atoms with Gasteiger partial charge in [-0.15, -0.1) is 11.3 Å². The highest BCUT2D eigenvalue weighted by atomic mass is 32.2. The number of rotatable bonds is 7. The summed E-state index contributed by atoms with van der Waals surface area (Å²) in [6.45, 7) is 3.22. The highest BCUT2D eigenvalue weighted by Gasteiger charge is 2.32. The van der Waals surface area contributed by atoms with Crippen molar-refractivity contribution >= 4 is 50.4 Å². The number of hydrogen-bond donors (Lipinski definition) is 3. The number of aromatic nitrogens is 2. The topological polar surface area (TPSA) is 131 Å². The molecule has 1 saturated heterocycles. The number of benzene rings is 2. The standard InChI is InChI=1S/C29H29F2N7O4S2/c1-36-8-10-37(11-9-36)20-4-5-22(25(16-20)32-29(40)26-3-2-12-43-26)28(39)33-27-23-17-38(7-6-24(23)34-35-27)44(41,42)21-14-18(30)13-19(31)15-21/h2-5,12-16H,6-11,17H2,1H3,(H,32,40)(H2,33,34,35,39). The summed E-state index contributed by atoms with van der Waals surface area (Å²) in [4.78, 5) is 31.0. The predicted molar refractivity (Wildman–Crippen MR) is 163 cm³/mol. The van der Waals surface area contributed by atoms with Gasteiger partial charge in [-0.25, -0.2) is 17.2 Å². The van der Waals surface area contributed by atoms with Gasteiger partial charge in [0.25, 0.3) is 11.8 Å². The average molecular weight is 642 g/mol. The predicted octanol–water partition coefficient (Wildman–Crippen LogP) is 3.75. The van der Waals surface area contributed by atoms with E-state index in [1.807, 2.05) is 6.07 Å². The number of carbonyl (C=O) groups is 2. The van der Waals surface area contributed by atoms with Crippen molar-refractivity contribution in [2.24, 2.45) is 0 Å². The van der Waals surface area contributed by atoms with Crippen LogP contribution in [0, 0.1) is 11.6 Å². The summed E-state index contributed by atoms with van der Waals surface area (Å²) < 4.78 is 55.2. The van der Waals surface area contributed by atoms with Crippen molar-refractivity contribution in [3.8, 4) is 0 Å². The van der Waals surface area contributed by atoms with Crippen LogP contribution < -0.4 is 15.5 Å². The van der Waals surface area contributed by atoms with Crippen LogP contribution in [0.4, 0.5) is 26.0 Å². The van der Waals surface area contributed by atoms with Crippen molar-refractivity contribution in [1.82, 2.24) is 19.4 Å². The van der Waals surface area contributed by atoms with Gasteiger partial charge >= 0.3 is 0 Å². The normalized spacial score (nSPS) is 16.0. The van der Waals surface area contributed by atoms with E-state index in [1.165, 1.54) is 11.3 Å². The lowest BCUT2D eigenvalue weighted by atomic mass is 10.1. The quantitative estimate of drug-likeness (QED) is 0.280. The van der Waals surface area contributed by atoms with E-state index in [0.717, 1.165) is 48.3 Å². The third kappa shape index (κ3) is 6.08. The Labute approximate surface area is 256 Å². The van der Waals surface area contributed by atoms with Gasteiger partial charge in [0, 0.05) is 68.7 Å². The second-order valence-corrected chi connectivity index (χ2v) is 13.5. The van der Waals surface area contributed by atoms with Crippen molar-refractivity contribution in [1.29, 1.82) is 0 Å². The fourth-order valence-corrected chi connectivity index (χ4v) is 7.34. The first kappa shape index (κ1) is 29.9. The fraction of sp³-hybridized carbons (Fsp3) is 0.276. The Balaban J connectivity index is 1.26. The number of anilines is 3. The zero-order valence-corrected chi connectivity index (χ0v) is 25.3. The van der Waals surface area contributed by atoms with E-state index in [-0.39, 0.29) is 36.8 Å². The minimum atomic E-state index is -4.24. The molecule has 2 aromatic heterocycles. The van der Waals surface area contributed by atoms with Crippen LogP contribution in [0.1, 0.15) is 31.3 Å². The molecule has 11 nitrogen and oxygen atoms in total. The molecule has 3 N–H and O–H groups in total. The van der Waals surface area contributed by atoms with Gasteiger partial charge in [0.1, 0.15) is 11.6 Å². The average Bonchev–Trinajstić information content (AvgIpc) is 3.68. The number of sulfonamides is 1. The maximum atomic E-state index is 13.8. The molecule has 44 heavy (non-hydrogen) atoms. The zero-order chi connectivity index (χ0) is 31.0. The second kappa shape index (κ2) is 12.1. The second-order valence-electron chi connectivity index (χ2n) is 10.6. The Morgan fingerprint density at radius 2 is 1.70 bits per heavy atom. The maximum absolute atomic E-state index is 13.8. The summed E-state index contributed by atoms with van der Waals surface area (Å²) in [5, 5.41) is 14.5. The van der Waals surface area contributed by atoms with Crippen LogP contribution in [0.25, 0.3) is 0 Å². The first-order chi connectivity index (χ1) is 21.1. The smallest absolute Gasteiger partial charge is 0.265 e. The largest absolute Gasteiger partial charge is 0.369 e. The van der Waals surface area contributed by atoms with E-state index in [0.29, 0.717) is 27.9 Å². The molecule has 6 rings (SSSR count). The number of H-pyrrole nitrogens is 1. The van der Waals surface area contributed by atoms with Crippen LogP contribution in [-0.4, -0.2) is 79.4 Å². The van der Waals surface area contributed by atoms with E-state index in [1.54, 1.807) is 29.6 Å². The number of fused-ring (bicyclic) bond motifs is 1. The van der Waals surface area contributed by atoms with Gasteiger partial charge in [-0.05, 0) is 48.8 Å². The summed E-state index contributed by atoms with van der Waals surface area (Å²) in [7, 11) is -2.18. The van der Waals surface area contributed by atoms with Crippen LogP contribution in [0.2, 0.25) is 0 Å². The first-order valence-corrected chi connectivity index (χ1v) is 16.2. The lowest BCUT2D eigenvalue weighted by Gasteiger charge is -2.34. The van der Waals surface area contributed by atoms with E-state index in [4.69, 9.17) is 0 Å². The molecule has 0 aliphatic carbocycles. The third-order valence-corrected chi connectivity index (χ3v) is 10.4. The third-order valence-electron chi connectivity index (χ3n) is 7.71. The summed E-state index contributed by atoms with van der Waals surface area (Å²) in [6, 6.07) is 10.8. The van der Waals surface area contributed by atoms with E-state index >= 15 is 0 Å². The van der Waals surface area contributed by atoms with Gasteiger partial charge in [-0.2, -0.15) is 9.40 Å². The Morgan fingerprint density at radius 3 is 2.41 bits per heavy atom. The summed E-state index contributed by atoms with van der Waals surface area (Å²) in [5.74, 6) is -2.79. The number of nitrogens with zero attached hydrogens (tertiary/aromatic N) is 4. The number of carbonyl (C=O) groups excluding carboxylic acids is 2. The molecule has 2 aliphatic rings. The molecule has 0 radical (unpaired) electrons. The number of amides is 2. The molecule has 15 heteroatoms. The minimum absolute atomic E-state index is 0.0513. The molecular formula is C29H29F2N7O4S2. The number of nitrogens with one attached hydrogen (secondary N) is 3. The number of aromatic amines is 1. The monoisotopic (exact) mass is 641 g/mol. The molecule has 2 aliphatic heterocycles. The van der Waals surface area contributed by atoms with Crippen molar-refractivity contribution in [3.63, 3.8) is 0 Å². The fourth-order valence-electron chi connectivity index (χ4n) is 5.27. The minimum Gasteiger partial charge on any atom is -0.369 e. The molecule has 4 heterocycles. The number of likely N-dealkylation sites (N-methyl/N-ethyl adjacent to an activating group) is 1. The van der Waals surface area contributed by atoms with Crippen LogP contribution in [0.5, 0.6) is 0 Å². The molecule has 2 amide bonds. The summed E-state index contributed by atoms with van der Waals surface area (Å²) >= 11 is 1.28. The lowest BCUT2D eigenvalue weighted by Crippen LogP contribution is -2.44. The van der Waals surface area contributed by atoms with Crippen molar-refractivity contribution in [2.75, 3.05) is 55.3 Å². The van der Waals surface area contributed by atoms with Crippen LogP contribution >= 0.6 is 11.3 Å². The lowest BCUT2D eigenvalue weighted by molar-refractivity contribution is 0.102. The van der Waals surface area contributed by atoms with Gasteiger partial charge in [-0.3, -0.25) is 14.7 Å². The van der Waals surface area contributed by atoms with Crippen LogP contribution in [0.15, 0.2) is 58.8 Å². The SMILES string of the molecule is CN1CCN(c2ccc(C(=O)Nc3n[nH]c4c3CN(S(=O)(=O)c3cc(F)cc(F)c3)CC4)c(NC(=O)c3cccs3)c2)CC1. The molecule has 1 fully saturated rings. The molecule has 230 valence electrons. The molecule has 0 atom stereocenters. The Hall–Kier alpha value is -4.18. The van der Waals surface area contributed by atoms with Crippen molar-refractivity contribution in [3.05, 3.63) is 87.2 Å². The molecule has 0 unspecified atom stereocenters. The summed E-state index contributed by atoms with van der Waals surface area (Å²) in [6.07, 6.45) is 0.247.